The van der Waals surface area contributed by atoms with Gasteiger partial charge in [-0.15, -0.1) is 24.8 Å². The summed E-state index contributed by atoms with van der Waals surface area (Å²) in [5, 5.41) is 2.81. The van der Waals surface area contributed by atoms with E-state index in [1.807, 2.05) is 13.0 Å². The highest BCUT2D eigenvalue weighted by Crippen LogP contribution is 2.19. The van der Waals surface area contributed by atoms with Gasteiger partial charge in [-0.2, -0.15) is 0 Å². The van der Waals surface area contributed by atoms with Gasteiger partial charge in [0, 0.05) is 31.3 Å². The zero-order chi connectivity index (χ0) is 16.7. The fourth-order valence-electron chi connectivity index (χ4n) is 1.85. The molecule has 0 aliphatic carbocycles. The van der Waals surface area contributed by atoms with Crippen LogP contribution in [0.25, 0.3) is 0 Å². The molecule has 1 unspecified atom stereocenters. The molecule has 1 atom stereocenters. The van der Waals surface area contributed by atoms with Crippen molar-refractivity contribution >= 4 is 30.7 Å². The van der Waals surface area contributed by atoms with Crippen LogP contribution in [0.4, 0.5) is 4.39 Å². The number of nitrogens with zero attached hydrogens (tertiary/aromatic N) is 1. The molecule has 1 heterocycles. The summed E-state index contributed by atoms with van der Waals surface area (Å²) in [6.07, 6.45) is 2.70. The van der Waals surface area contributed by atoms with Crippen molar-refractivity contribution in [3.8, 4) is 11.6 Å². The van der Waals surface area contributed by atoms with E-state index in [0.717, 1.165) is 5.56 Å². The van der Waals surface area contributed by atoms with E-state index in [9.17, 15) is 9.18 Å². The Labute approximate surface area is 159 Å². The number of pyridine rings is 1. The lowest BCUT2D eigenvalue weighted by Gasteiger charge is -2.08. The highest BCUT2D eigenvalue weighted by molar-refractivity contribution is 5.85. The van der Waals surface area contributed by atoms with E-state index in [4.69, 9.17) is 10.5 Å². The molecule has 5 nitrogen and oxygen atoms in total. The van der Waals surface area contributed by atoms with Crippen LogP contribution in [0.3, 0.4) is 0 Å². The largest absolute Gasteiger partial charge is 0.439 e. The number of benzene rings is 1. The molecule has 1 amide bonds. The lowest BCUT2D eigenvalue weighted by molar-refractivity contribution is -0.121. The van der Waals surface area contributed by atoms with Gasteiger partial charge in [-0.05, 0) is 43.2 Å². The van der Waals surface area contributed by atoms with E-state index in [-0.39, 0.29) is 42.6 Å². The normalized spacial score (nSPS) is 10.8. The average molecular weight is 390 g/mol. The maximum absolute atomic E-state index is 12.8. The molecular weight excluding hydrogens is 368 g/mol. The quantitative estimate of drug-likeness (QED) is 0.758. The monoisotopic (exact) mass is 389 g/mol. The Morgan fingerprint density at radius 1 is 1.24 bits per heavy atom. The molecule has 0 bridgehead atoms. The molecule has 25 heavy (non-hydrogen) atoms. The second-order valence-electron chi connectivity index (χ2n) is 5.35. The number of carbonyl (C=O) groups excluding carboxylic acids is 1. The second kappa shape index (κ2) is 11.6. The fourth-order valence-corrected chi connectivity index (χ4v) is 1.85. The van der Waals surface area contributed by atoms with Gasteiger partial charge in [-0.1, -0.05) is 6.07 Å². The molecule has 2 rings (SSSR count). The van der Waals surface area contributed by atoms with Gasteiger partial charge in [0.2, 0.25) is 11.8 Å². The summed E-state index contributed by atoms with van der Waals surface area (Å²) in [5.41, 5.74) is 6.48. The minimum absolute atomic E-state index is 0. The predicted octanol–water partition coefficient (Wildman–Crippen LogP) is 3.60. The van der Waals surface area contributed by atoms with E-state index in [0.29, 0.717) is 31.0 Å². The van der Waals surface area contributed by atoms with Gasteiger partial charge in [0.25, 0.3) is 0 Å². The number of nitrogens with two attached hydrogens (primary N) is 1. The van der Waals surface area contributed by atoms with Crippen molar-refractivity contribution in [3.05, 3.63) is 54.0 Å². The first kappa shape index (κ1) is 23.1. The van der Waals surface area contributed by atoms with Crippen LogP contribution < -0.4 is 15.8 Å². The number of ether oxygens (including phenoxy) is 1. The van der Waals surface area contributed by atoms with Gasteiger partial charge in [0.15, 0.2) is 0 Å². The van der Waals surface area contributed by atoms with Gasteiger partial charge in [-0.25, -0.2) is 9.37 Å². The van der Waals surface area contributed by atoms with Crippen molar-refractivity contribution in [1.29, 1.82) is 0 Å². The molecule has 3 N–H and O–H groups in total. The number of aromatic nitrogens is 1. The van der Waals surface area contributed by atoms with Gasteiger partial charge < -0.3 is 15.8 Å². The molecule has 1 aromatic carbocycles. The van der Waals surface area contributed by atoms with Crippen molar-refractivity contribution in [1.82, 2.24) is 10.3 Å². The van der Waals surface area contributed by atoms with Gasteiger partial charge in [0.05, 0.1) is 0 Å². The summed E-state index contributed by atoms with van der Waals surface area (Å²) in [6, 6.07) is 9.24. The number of rotatable bonds is 7. The van der Waals surface area contributed by atoms with Crippen LogP contribution in [0.2, 0.25) is 0 Å². The van der Waals surface area contributed by atoms with E-state index in [1.54, 1.807) is 12.3 Å². The molecule has 2 aromatic rings. The van der Waals surface area contributed by atoms with Crippen LogP contribution in [0.15, 0.2) is 42.6 Å². The SMILES string of the molecule is CC(N)CCC(=O)NCc1ccc(Oc2ccc(F)cc2)nc1.Cl.Cl. The zero-order valence-corrected chi connectivity index (χ0v) is 15.4. The molecule has 0 aliphatic heterocycles. The standard InChI is InChI=1S/C17H20FN3O2.2ClH/c1-12(19)2-8-16(22)20-10-13-3-9-17(21-11-13)23-15-6-4-14(18)5-7-15;;/h3-7,9,11-12H,2,8,10,19H2,1H3,(H,20,22);2*1H. The van der Waals surface area contributed by atoms with Crippen LogP contribution in [-0.2, 0) is 11.3 Å². The first-order valence-corrected chi connectivity index (χ1v) is 7.43. The third kappa shape index (κ3) is 8.67. The van der Waals surface area contributed by atoms with Gasteiger partial charge in [-0.3, -0.25) is 4.79 Å². The highest BCUT2D eigenvalue weighted by Gasteiger charge is 2.04. The van der Waals surface area contributed by atoms with E-state index in [1.165, 1.54) is 24.3 Å². The number of amides is 1. The molecular formula is C17H22Cl2FN3O2. The molecule has 138 valence electrons. The average Bonchev–Trinajstić information content (AvgIpc) is 2.54. The Balaban J connectivity index is 0.00000288. The summed E-state index contributed by atoms with van der Waals surface area (Å²) in [6.45, 7) is 2.28. The number of halogens is 3. The number of hydrogen-bond acceptors (Lipinski definition) is 4. The van der Waals surface area contributed by atoms with Crippen LogP contribution in [0.5, 0.6) is 11.6 Å². The van der Waals surface area contributed by atoms with Crippen molar-refractivity contribution in [2.75, 3.05) is 0 Å². The number of carbonyl (C=O) groups is 1. The topological polar surface area (TPSA) is 77.2 Å². The van der Waals surface area contributed by atoms with Crippen molar-refractivity contribution in [2.45, 2.75) is 32.4 Å². The van der Waals surface area contributed by atoms with Gasteiger partial charge in [0.1, 0.15) is 11.6 Å². The summed E-state index contributed by atoms with van der Waals surface area (Å²) in [7, 11) is 0. The molecule has 0 spiro atoms. The summed E-state index contributed by atoms with van der Waals surface area (Å²) >= 11 is 0. The smallest absolute Gasteiger partial charge is 0.220 e. The minimum Gasteiger partial charge on any atom is -0.439 e. The summed E-state index contributed by atoms with van der Waals surface area (Å²) in [4.78, 5) is 15.8. The highest BCUT2D eigenvalue weighted by atomic mass is 35.5. The first-order valence-electron chi connectivity index (χ1n) is 7.43. The van der Waals surface area contributed by atoms with E-state index < -0.39 is 0 Å². The van der Waals surface area contributed by atoms with Crippen LogP contribution >= 0.6 is 24.8 Å². The Hall–Kier alpha value is -1.89. The Kier molecular flexibility index (Phi) is 10.7. The molecule has 0 saturated carbocycles. The Morgan fingerprint density at radius 2 is 1.92 bits per heavy atom. The van der Waals surface area contributed by atoms with Crippen molar-refractivity contribution < 1.29 is 13.9 Å². The Morgan fingerprint density at radius 3 is 2.48 bits per heavy atom. The molecule has 1 aromatic heterocycles. The predicted molar refractivity (Wildman–Crippen MR) is 99.9 cm³/mol. The molecule has 8 heteroatoms. The summed E-state index contributed by atoms with van der Waals surface area (Å²) < 4.78 is 18.3. The second-order valence-corrected chi connectivity index (χ2v) is 5.35. The number of hydrogen-bond donors (Lipinski definition) is 2. The van der Waals surface area contributed by atoms with E-state index in [2.05, 4.69) is 10.3 Å². The van der Waals surface area contributed by atoms with Gasteiger partial charge >= 0.3 is 0 Å². The molecule has 0 aliphatic rings. The third-order valence-corrected chi connectivity index (χ3v) is 3.15. The van der Waals surface area contributed by atoms with Crippen LogP contribution in [-0.4, -0.2) is 16.9 Å². The maximum Gasteiger partial charge on any atom is 0.220 e. The van der Waals surface area contributed by atoms with Crippen molar-refractivity contribution in [2.24, 2.45) is 5.73 Å². The fraction of sp³-hybridized carbons (Fsp3) is 0.294. The molecule has 0 fully saturated rings. The first-order chi connectivity index (χ1) is 11.0. The van der Waals surface area contributed by atoms with Crippen LogP contribution in [0, 0.1) is 5.82 Å². The zero-order valence-electron chi connectivity index (χ0n) is 13.8. The maximum atomic E-state index is 12.8. The van der Waals surface area contributed by atoms with E-state index >= 15 is 0 Å². The summed E-state index contributed by atoms with van der Waals surface area (Å²) in [5.74, 6) is 0.564. The third-order valence-electron chi connectivity index (χ3n) is 3.15. The molecule has 0 radical (unpaired) electrons. The number of nitrogens with one attached hydrogen (secondary N) is 1. The van der Waals surface area contributed by atoms with Crippen LogP contribution in [0.1, 0.15) is 25.3 Å². The lowest BCUT2D eigenvalue weighted by atomic mass is 10.2. The molecule has 0 saturated heterocycles. The van der Waals surface area contributed by atoms with Crippen molar-refractivity contribution in [3.63, 3.8) is 0 Å². The Bertz CT molecular complexity index is 637. The lowest BCUT2D eigenvalue weighted by Crippen LogP contribution is -2.25. The minimum atomic E-state index is -0.319.